The van der Waals surface area contributed by atoms with Crippen LogP contribution in [0, 0.1) is 31.1 Å². The van der Waals surface area contributed by atoms with Gasteiger partial charge in [-0.15, -0.1) is 0 Å². The fraction of sp³-hybridized carbons (Fsp3) is 0.500. The highest BCUT2D eigenvalue weighted by Crippen LogP contribution is 2.24. The average Bonchev–Trinajstić information content (AvgIpc) is 2.86. The van der Waals surface area contributed by atoms with E-state index in [4.69, 9.17) is 5.26 Å². The molecular formula is C18H23N5. The molecule has 1 fully saturated rings. The van der Waals surface area contributed by atoms with Crippen LogP contribution in [-0.4, -0.2) is 32.8 Å². The van der Waals surface area contributed by atoms with Crippen LogP contribution in [0.4, 0.5) is 0 Å². The van der Waals surface area contributed by atoms with Gasteiger partial charge in [0.15, 0.2) is 5.82 Å². The van der Waals surface area contributed by atoms with Crippen LogP contribution in [0.5, 0.6) is 0 Å². The third kappa shape index (κ3) is 3.43. The largest absolute Gasteiger partial charge is 0.299 e. The summed E-state index contributed by atoms with van der Waals surface area (Å²) in [6.07, 6.45) is 4.75. The summed E-state index contributed by atoms with van der Waals surface area (Å²) in [5, 5.41) is 13.5. The summed E-state index contributed by atoms with van der Waals surface area (Å²) in [4.78, 5) is 6.88. The van der Waals surface area contributed by atoms with Gasteiger partial charge in [0.05, 0.1) is 11.8 Å². The minimum atomic E-state index is 0.578. The smallest absolute Gasteiger partial charge is 0.153 e. The molecule has 5 heteroatoms. The predicted octanol–water partition coefficient (Wildman–Crippen LogP) is 3.01. The zero-order valence-electron chi connectivity index (χ0n) is 13.9. The first kappa shape index (κ1) is 15.7. The molecule has 3 heterocycles. The second kappa shape index (κ2) is 6.93. The lowest BCUT2D eigenvalue weighted by atomic mass is 9.94. The molecule has 5 nitrogen and oxygen atoms in total. The second-order valence-electron chi connectivity index (χ2n) is 6.33. The van der Waals surface area contributed by atoms with E-state index in [9.17, 15) is 0 Å². The van der Waals surface area contributed by atoms with Crippen molar-refractivity contribution < 1.29 is 0 Å². The quantitative estimate of drug-likeness (QED) is 0.871. The third-order valence-corrected chi connectivity index (χ3v) is 4.78. The number of piperidine rings is 1. The number of aryl methyl sites for hydroxylation is 1. The van der Waals surface area contributed by atoms with Gasteiger partial charge in [0, 0.05) is 30.4 Å². The van der Waals surface area contributed by atoms with E-state index < -0.39 is 0 Å². The fourth-order valence-corrected chi connectivity index (χ4v) is 3.31. The first-order valence-corrected chi connectivity index (χ1v) is 8.25. The zero-order valence-corrected chi connectivity index (χ0v) is 13.9. The molecule has 0 saturated carbocycles. The Morgan fingerprint density at radius 2 is 2.04 bits per heavy atom. The zero-order chi connectivity index (χ0) is 16.2. The van der Waals surface area contributed by atoms with Crippen molar-refractivity contribution in [3.63, 3.8) is 0 Å². The SMILES string of the molecule is Cc1nn(-c2ccccn2)c(C)c1CN1CCC(CC#N)CC1. The Kier molecular flexibility index (Phi) is 4.73. The molecule has 0 N–H and O–H groups in total. The van der Waals surface area contributed by atoms with E-state index >= 15 is 0 Å². The van der Waals surface area contributed by atoms with Gasteiger partial charge in [0.25, 0.3) is 0 Å². The molecule has 0 aromatic carbocycles. The Morgan fingerprint density at radius 1 is 1.26 bits per heavy atom. The number of rotatable bonds is 4. The highest BCUT2D eigenvalue weighted by Gasteiger charge is 2.21. The fourth-order valence-electron chi connectivity index (χ4n) is 3.31. The van der Waals surface area contributed by atoms with Gasteiger partial charge in [0.1, 0.15) is 0 Å². The average molecular weight is 309 g/mol. The Morgan fingerprint density at radius 3 is 2.70 bits per heavy atom. The molecule has 120 valence electrons. The van der Waals surface area contributed by atoms with Gasteiger partial charge in [-0.1, -0.05) is 6.07 Å². The lowest BCUT2D eigenvalue weighted by Gasteiger charge is -2.31. The van der Waals surface area contributed by atoms with Crippen LogP contribution < -0.4 is 0 Å². The predicted molar refractivity (Wildman–Crippen MR) is 89.1 cm³/mol. The Balaban J connectivity index is 1.72. The molecular weight excluding hydrogens is 286 g/mol. The van der Waals surface area contributed by atoms with Crippen LogP contribution >= 0.6 is 0 Å². The van der Waals surface area contributed by atoms with Gasteiger partial charge in [-0.2, -0.15) is 10.4 Å². The number of nitriles is 1. The monoisotopic (exact) mass is 309 g/mol. The van der Waals surface area contributed by atoms with Crippen molar-refractivity contribution in [1.82, 2.24) is 19.7 Å². The maximum Gasteiger partial charge on any atom is 0.153 e. The molecule has 0 unspecified atom stereocenters. The summed E-state index contributed by atoms with van der Waals surface area (Å²) >= 11 is 0. The van der Waals surface area contributed by atoms with E-state index in [1.807, 2.05) is 22.9 Å². The van der Waals surface area contributed by atoms with Gasteiger partial charge in [-0.3, -0.25) is 4.90 Å². The molecule has 0 bridgehead atoms. The van der Waals surface area contributed by atoms with Crippen molar-refractivity contribution in [1.29, 1.82) is 5.26 Å². The van der Waals surface area contributed by atoms with E-state index in [1.54, 1.807) is 6.20 Å². The second-order valence-corrected chi connectivity index (χ2v) is 6.33. The van der Waals surface area contributed by atoms with Crippen molar-refractivity contribution in [3.05, 3.63) is 41.3 Å². The van der Waals surface area contributed by atoms with Gasteiger partial charge in [-0.05, 0) is 57.8 Å². The van der Waals surface area contributed by atoms with Crippen LogP contribution in [0.2, 0.25) is 0 Å². The standard InChI is InChI=1S/C18H23N5/c1-14-17(13-22-11-7-16(6-9-19)8-12-22)15(2)23(21-14)18-5-3-4-10-20-18/h3-5,10,16H,6-8,11-13H2,1-2H3. The number of likely N-dealkylation sites (tertiary alicyclic amines) is 1. The minimum Gasteiger partial charge on any atom is -0.299 e. The summed E-state index contributed by atoms with van der Waals surface area (Å²) in [6, 6.07) is 8.19. The van der Waals surface area contributed by atoms with Crippen molar-refractivity contribution in [2.24, 2.45) is 5.92 Å². The molecule has 1 aliphatic heterocycles. The molecule has 2 aromatic rings. The van der Waals surface area contributed by atoms with Crippen molar-refractivity contribution >= 4 is 0 Å². The van der Waals surface area contributed by atoms with E-state index in [0.29, 0.717) is 12.3 Å². The van der Waals surface area contributed by atoms with Gasteiger partial charge < -0.3 is 0 Å². The minimum absolute atomic E-state index is 0.578. The number of nitrogens with zero attached hydrogens (tertiary/aromatic N) is 5. The first-order valence-electron chi connectivity index (χ1n) is 8.25. The van der Waals surface area contributed by atoms with E-state index in [1.165, 1.54) is 11.3 Å². The Labute approximate surface area is 137 Å². The van der Waals surface area contributed by atoms with Crippen molar-refractivity contribution in [3.8, 4) is 11.9 Å². The molecule has 0 amide bonds. The molecule has 1 saturated heterocycles. The number of aromatic nitrogens is 3. The normalized spacial score (nSPS) is 16.4. The van der Waals surface area contributed by atoms with Gasteiger partial charge in [0.2, 0.25) is 0 Å². The van der Waals surface area contributed by atoms with Crippen molar-refractivity contribution in [2.45, 2.75) is 39.7 Å². The summed E-state index contributed by atoms with van der Waals surface area (Å²) in [7, 11) is 0. The van der Waals surface area contributed by atoms with E-state index in [0.717, 1.165) is 44.0 Å². The summed E-state index contributed by atoms with van der Waals surface area (Å²) < 4.78 is 1.94. The maximum absolute atomic E-state index is 8.82. The summed E-state index contributed by atoms with van der Waals surface area (Å²) in [6.45, 7) is 7.26. The third-order valence-electron chi connectivity index (χ3n) is 4.78. The first-order chi connectivity index (χ1) is 11.2. The molecule has 0 atom stereocenters. The van der Waals surface area contributed by atoms with Gasteiger partial charge >= 0.3 is 0 Å². The summed E-state index contributed by atoms with van der Waals surface area (Å²) in [5.74, 6) is 1.45. The number of pyridine rings is 1. The van der Waals surface area contributed by atoms with Crippen LogP contribution in [0.15, 0.2) is 24.4 Å². The number of hydrogen-bond donors (Lipinski definition) is 0. The van der Waals surface area contributed by atoms with Crippen LogP contribution in [0.25, 0.3) is 5.82 Å². The highest BCUT2D eigenvalue weighted by molar-refractivity contribution is 5.32. The molecule has 1 aliphatic rings. The molecule has 2 aromatic heterocycles. The molecule has 0 radical (unpaired) electrons. The topological polar surface area (TPSA) is 57.7 Å². The van der Waals surface area contributed by atoms with Crippen LogP contribution in [-0.2, 0) is 6.54 Å². The molecule has 0 aliphatic carbocycles. The molecule has 3 rings (SSSR count). The van der Waals surface area contributed by atoms with Gasteiger partial charge in [-0.25, -0.2) is 9.67 Å². The molecule has 0 spiro atoms. The number of hydrogen-bond acceptors (Lipinski definition) is 4. The van der Waals surface area contributed by atoms with E-state index in [-0.39, 0.29) is 0 Å². The summed E-state index contributed by atoms with van der Waals surface area (Å²) in [5.41, 5.74) is 3.54. The molecule has 23 heavy (non-hydrogen) atoms. The lowest BCUT2D eigenvalue weighted by Crippen LogP contribution is -2.33. The highest BCUT2D eigenvalue weighted by atomic mass is 15.3. The van der Waals surface area contributed by atoms with Crippen molar-refractivity contribution in [2.75, 3.05) is 13.1 Å². The Hall–Kier alpha value is -2.19. The van der Waals surface area contributed by atoms with Crippen LogP contribution in [0.3, 0.4) is 0 Å². The Bertz CT molecular complexity index is 690. The lowest BCUT2D eigenvalue weighted by molar-refractivity contribution is 0.178. The van der Waals surface area contributed by atoms with E-state index in [2.05, 4.69) is 34.9 Å². The van der Waals surface area contributed by atoms with Crippen LogP contribution in [0.1, 0.15) is 36.2 Å². The maximum atomic E-state index is 8.82.